The van der Waals surface area contributed by atoms with Crippen LogP contribution >= 0.6 is 11.3 Å². The van der Waals surface area contributed by atoms with E-state index >= 15 is 0 Å². The van der Waals surface area contributed by atoms with Gasteiger partial charge in [-0.05, 0) is 23.3 Å². The molecular formula is C20H17NO3S. The summed E-state index contributed by atoms with van der Waals surface area (Å²) in [5.74, 6) is 0.480. The van der Waals surface area contributed by atoms with Crippen molar-refractivity contribution in [1.82, 2.24) is 0 Å². The summed E-state index contributed by atoms with van der Waals surface area (Å²) in [5, 5.41) is 15.0. The second-order valence-corrected chi connectivity index (χ2v) is 6.90. The van der Waals surface area contributed by atoms with E-state index in [9.17, 15) is 9.90 Å². The van der Waals surface area contributed by atoms with Gasteiger partial charge in [0, 0.05) is 28.2 Å². The van der Waals surface area contributed by atoms with Gasteiger partial charge in [0.2, 0.25) is 5.91 Å². The van der Waals surface area contributed by atoms with Crippen molar-refractivity contribution in [1.29, 1.82) is 0 Å². The van der Waals surface area contributed by atoms with Crippen LogP contribution in [0.2, 0.25) is 0 Å². The Kier molecular flexibility index (Phi) is 3.93. The predicted molar refractivity (Wildman–Crippen MR) is 99.5 cm³/mol. The van der Waals surface area contributed by atoms with Gasteiger partial charge in [0.15, 0.2) is 11.5 Å². The number of hydrogen-bond donors (Lipinski definition) is 2. The molecule has 4 rings (SSSR count). The summed E-state index contributed by atoms with van der Waals surface area (Å²) < 4.78 is 5.22. The molecule has 1 amide bonds. The molecule has 1 atom stereocenters. The first kappa shape index (κ1) is 15.7. The van der Waals surface area contributed by atoms with Crippen LogP contribution in [0.4, 0.5) is 5.69 Å². The third-order valence-corrected chi connectivity index (χ3v) is 5.58. The van der Waals surface area contributed by atoms with E-state index in [1.165, 1.54) is 7.11 Å². The lowest BCUT2D eigenvalue weighted by Gasteiger charge is -2.24. The number of amides is 1. The summed E-state index contributed by atoms with van der Waals surface area (Å²) in [6, 6.07) is 15.3. The Morgan fingerprint density at radius 3 is 2.76 bits per heavy atom. The van der Waals surface area contributed by atoms with Gasteiger partial charge >= 0.3 is 0 Å². The van der Waals surface area contributed by atoms with Crippen molar-refractivity contribution < 1.29 is 14.6 Å². The maximum absolute atomic E-state index is 12.3. The molecule has 0 fully saturated rings. The van der Waals surface area contributed by atoms with Crippen molar-refractivity contribution in [2.75, 3.05) is 12.4 Å². The van der Waals surface area contributed by atoms with Gasteiger partial charge in [0.1, 0.15) is 0 Å². The summed E-state index contributed by atoms with van der Waals surface area (Å²) in [6.07, 6.45) is 0.385. The summed E-state index contributed by atoms with van der Waals surface area (Å²) >= 11 is 1.65. The topological polar surface area (TPSA) is 58.6 Å². The number of ether oxygens (including phenoxy) is 1. The Morgan fingerprint density at radius 1 is 1.20 bits per heavy atom. The van der Waals surface area contributed by atoms with Gasteiger partial charge in [-0.3, -0.25) is 4.79 Å². The number of nitrogens with one attached hydrogen (secondary N) is 1. The lowest BCUT2D eigenvalue weighted by molar-refractivity contribution is -0.116. The highest BCUT2D eigenvalue weighted by Gasteiger charge is 2.30. The molecule has 4 nitrogen and oxygen atoms in total. The predicted octanol–water partition coefficient (Wildman–Crippen LogP) is 4.60. The van der Waals surface area contributed by atoms with E-state index in [0.717, 1.165) is 27.3 Å². The van der Waals surface area contributed by atoms with Crippen LogP contribution in [-0.2, 0) is 4.79 Å². The molecule has 2 N–H and O–H groups in total. The van der Waals surface area contributed by atoms with Crippen LogP contribution < -0.4 is 10.1 Å². The number of hydrogen-bond acceptors (Lipinski definition) is 4. The zero-order chi connectivity index (χ0) is 17.4. The number of carbonyl (C=O) groups excluding carboxylic acids is 1. The summed E-state index contributed by atoms with van der Waals surface area (Å²) in [6.45, 7) is 0. The smallest absolute Gasteiger partial charge is 0.225 e. The molecule has 2 aromatic carbocycles. The molecular weight excluding hydrogens is 334 g/mol. The van der Waals surface area contributed by atoms with Crippen LogP contribution in [0, 0.1) is 0 Å². The van der Waals surface area contributed by atoms with E-state index in [4.69, 9.17) is 4.74 Å². The number of rotatable bonds is 3. The van der Waals surface area contributed by atoms with Crippen molar-refractivity contribution in [3.05, 3.63) is 64.4 Å². The highest BCUT2D eigenvalue weighted by molar-refractivity contribution is 7.11. The van der Waals surface area contributed by atoms with Crippen molar-refractivity contribution in [2.24, 2.45) is 0 Å². The van der Waals surface area contributed by atoms with Crippen LogP contribution in [0.3, 0.4) is 0 Å². The first-order chi connectivity index (χ1) is 12.2. The molecule has 1 aliphatic heterocycles. The average molecular weight is 351 g/mol. The highest BCUT2D eigenvalue weighted by atomic mass is 32.1. The largest absolute Gasteiger partial charge is 0.504 e. The third-order valence-electron chi connectivity index (χ3n) is 4.48. The number of methoxy groups -OCH3 is 1. The number of phenolic OH excluding ortho intramolecular Hbond substituents is 1. The molecule has 0 unspecified atom stereocenters. The fraction of sp³-hybridized carbons (Fsp3) is 0.150. The van der Waals surface area contributed by atoms with Gasteiger partial charge in [-0.2, -0.15) is 0 Å². The monoisotopic (exact) mass is 351 g/mol. The number of phenols is 1. The Morgan fingerprint density at radius 2 is 2.00 bits per heavy atom. The second kappa shape index (κ2) is 6.26. The van der Waals surface area contributed by atoms with Crippen molar-refractivity contribution >= 4 is 22.9 Å². The maximum atomic E-state index is 12.3. The summed E-state index contributed by atoms with van der Waals surface area (Å²) in [7, 11) is 1.52. The third kappa shape index (κ3) is 2.76. The number of thiophene rings is 1. The average Bonchev–Trinajstić information content (AvgIpc) is 3.06. The fourth-order valence-electron chi connectivity index (χ4n) is 3.24. The van der Waals surface area contributed by atoms with Crippen LogP contribution in [0.15, 0.2) is 53.9 Å². The zero-order valence-corrected chi connectivity index (χ0v) is 14.5. The number of anilines is 1. The van der Waals surface area contributed by atoms with Crippen molar-refractivity contribution in [3.63, 3.8) is 0 Å². The van der Waals surface area contributed by atoms with E-state index in [1.54, 1.807) is 17.4 Å². The standard InChI is InChI=1S/C20H17NO3S/c1-24-17-9-13(7-8-16(17)22)14-10-18(23)21-19-15(11-25-20(14)19)12-5-3-2-4-6-12/h2-9,11,14,22H,10H2,1H3,(H,21,23)/t14-/m1/s1. The van der Waals surface area contributed by atoms with Gasteiger partial charge in [-0.25, -0.2) is 0 Å². The molecule has 1 aromatic heterocycles. The SMILES string of the molecule is COc1cc([C@H]2CC(=O)Nc3c(-c4ccccc4)csc32)ccc1O. The van der Waals surface area contributed by atoms with E-state index in [0.29, 0.717) is 12.2 Å². The van der Waals surface area contributed by atoms with Crippen molar-refractivity contribution in [3.8, 4) is 22.6 Å². The highest BCUT2D eigenvalue weighted by Crippen LogP contribution is 2.47. The van der Waals surface area contributed by atoms with E-state index < -0.39 is 0 Å². The van der Waals surface area contributed by atoms with E-state index in [2.05, 4.69) is 10.7 Å². The van der Waals surface area contributed by atoms with Gasteiger partial charge < -0.3 is 15.2 Å². The number of aromatic hydroxyl groups is 1. The Labute approximate surface area is 149 Å². The van der Waals surface area contributed by atoms with Gasteiger partial charge in [0.25, 0.3) is 0 Å². The molecule has 3 aromatic rings. The lowest BCUT2D eigenvalue weighted by Crippen LogP contribution is -2.22. The lowest BCUT2D eigenvalue weighted by atomic mass is 9.89. The second-order valence-electron chi connectivity index (χ2n) is 5.99. The minimum Gasteiger partial charge on any atom is -0.504 e. The Bertz CT molecular complexity index is 933. The number of benzene rings is 2. The molecule has 0 radical (unpaired) electrons. The van der Waals surface area contributed by atoms with Crippen LogP contribution in [-0.4, -0.2) is 18.1 Å². The normalized spacial score (nSPS) is 16.2. The fourth-order valence-corrected chi connectivity index (χ4v) is 4.40. The van der Waals surface area contributed by atoms with Gasteiger partial charge in [-0.1, -0.05) is 36.4 Å². The molecule has 25 heavy (non-hydrogen) atoms. The van der Waals surface area contributed by atoms with Crippen molar-refractivity contribution in [2.45, 2.75) is 12.3 Å². The van der Waals surface area contributed by atoms with Crippen LogP contribution in [0.5, 0.6) is 11.5 Å². The minimum absolute atomic E-state index is 0.000114. The molecule has 2 heterocycles. The van der Waals surface area contributed by atoms with Crippen LogP contribution in [0.25, 0.3) is 11.1 Å². The molecule has 5 heteroatoms. The first-order valence-corrected chi connectivity index (χ1v) is 8.89. The number of fused-ring (bicyclic) bond motifs is 1. The Hall–Kier alpha value is -2.79. The molecule has 0 saturated carbocycles. The van der Waals surface area contributed by atoms with Gasteiger partial charge in [-0.15, -0.1) is 11.3 Å². The molecule has 0 spiro atoms. The quantitative estimate of drug-likeness (QED) is 0.725. The maximum Gasteiger partial charge on any atom is 0.225 e. The van der Waals surface area contributed by atoms with Crippen LogP contribution in [0.1, 0.15) is 22.8 Å². The Balaban J connectivity index is 1.81. The molecule has 126 valence electrons. The first-order valence-electron chi connectivity index (χ1n) is 8.01. The number of carbonyl (C=O) groups is 1. The molecule has 0 aliphatic carbocycles. The van der Waals surface area contributed by atoms with E-state index in [1.807, 2.05) is 42.5 Å². The van der Waals surface area contributed by atoms with E-state index in [-0.39, 0.29) is 17.6 Å². The van der Waals surface area contributed by atoms with Gasteiger partial charge in [0.05, 0.1) is 12.8 Å². The molecule has 0 saturated heterocycles. The summed E-state index contributed by atoms with van der Waals surface area (Å²) in [4.78, 5) is 13.5. The summed E-state index contributed by atoms with van der Waals surface area (Å²) in [5.41, 5.74) is 3.99. The minimum atomic E-state index is -0.0410. The molecule has 1 aliphatic rings. The zero-order valence-electron chi connectivity index (χ0n) is 13.7. The molecule has 0 bridgehead atoms.